The van der Waals surface area contributed by atoms with Crippen molar-refractivity contribution in [2.45, 2.75) is 6.92 Å². The number of nitrogens with one attached hydrogen (secondary N) is 1. The summed E-state index contributed by atoms with van der Waals surface area (Å²) < 4.78 is 30.9. The van der Waals surface area contributed by atoms with E-state index in [4.69, 9.17) is 0 Å². The molecule has 2 rings (SSSR count). The van der Waals surface area contributed by atoms with E-state index in [0.29, 0.717) is 11.1 Å². The smallest absolute Gasteiger partial charge is 0.340 e. The van der Waals surface area contributed by atoms with E-state index < -0.39 is 17.6 Å². The average molecular weight is 225 g/mol. The Kier molecular flexibility index (Phi) is 2.38. The van der Waals surface area contributed by atoms with Crippen molar-refractivity contribution >= 4 is 16.9 Å². The summed E-state index contributed by atoms with van der Waals surface area (Å²) in [6, 6.07) is 2.33. The van der Waals surface area contributed by atoms with Gasteiger partial charge in [0.05, 0.1) is 18.2 Å². The first-order chi connectivity index (χ1) is 7.56. The van der Waals surface area contributed by atoms with Crippen molar-refractivity contribution in [2.75, 3.05) is 7.11 Å². The van der Waals surface area contributed by atoms with E-state index in [1.165, 1.54) is 13.2 Å². The maximum absolute atomic E-state index is 13.4. The molecule has 0 bridgehead atoms. The number of carbonyl (C=O) groups is 1. The molecule has 1 N–H and O–H groups in total. The summed E-state index contributed by atoms with van der Waals surface area (Å²) >= 11 is 0. The molecule has 16 heavy (non-hydrogen) atoms. The van der Waals surface area contributed by atoms with Gasteiger partial charge in [0.2, 0.25) is 0 Å². The van der Waals surface area contributed by atoms with Gasteiger partial charge in [-0.05, 0) is 19.1 Å². The number of carbonyl (C=O) groups excluding carboxylic acids is 1. The van der Waals surface area contributed by atoms with E-state index >= 15 is 0 Å². The molecule has 0 unspecified atom stereocenters. The van der Waals surface area contributed by atoms with Crippen molar-refractivity contribution in [3.05, 3.63) is 35.0 Å². The number of rotatable bonds is 1. The number of halogens is 2. The highest BCUT2D eigenvalue weighted by atomic mass is 19.2. The van der Waals surface area contributed by atoms with Gasteiger partial charge < -0.3 is 9.72 Å². The van der Waals surface area contributed by atoms with Crippen molar-refractivity contribution < 1.29 is 18.3 Å². The van der Waals surface area contributed by atoms with Gasteiger partial charge in [-0.1, -0.05) is 0 Å². The average Bonchev–Trinajstić information content (AvgIpc) is 2.60. The van der Waals surface area contributed by atoms with Crippen molar-refractivity contribution in [1.29, 1.82) is 0 Å². The third-order valence-corrected chi connectivity index (χ3v) is 2.44. The van der Waals surface area contributed by atoms with Crippen molar-refractivity contribution in [3.63, 3.8) is 0 Å². The molecule has 0 aliphatic carbocycles. The van der Waals surface area contributed by atoms with Crippen LogP contribution in [0.1, 0.15) is 16.1 Å². The fourth-order valence-corrected chi connectivity index (χ4v) is 1.70. The van der Waals surface area contributed by atoms with Crippen LogP contribution in [-0.4, -0.2) is 18.1 Å². The maximum atomic E-state index is 13.4. The Morgan fingerprint density at radius 3 is 2.69 bits per heavy atom. The normalized spacial score (nSPS) is 10.8. The van der Waals surface area contributed by atoms with E-state index in [1.807, 2.05) is 0 Å². The number of hydrogen-bond acceptors (Lipinski definition) is 2. The van der Waals surface area contributed by atoms with Crippen LogP contribution >= 0.6 is 0 Å². The minimum atomic E-state index is -0.990. The van der Waals surface area contributed by atoms with Gasteiger partial charge in [0.25, 0.3) is 0 Å². The van der Waals surface area contributed by atoms with Gasteiger partial charge in [-0.25, -0.2) is 13.6 Å². The highest BCUT2D eigenvalue weighted by molar-refractivity contribution is 6.05. The predicted molar refractivity (Wildman–Crippen MR) is 54.3 cm³/mol. The van der Waals surface area contributed by atoms with E-state index in [0.717, 1.165) is 6.07 Å². The van der Waals surface area contributed by atoms with Gasteiger partial charge in [-0.2, -0.15) is 0 Å². The molecule has 0 atom stereocenters. The number of hydrogen-bond donors (Lipinski definition) is 1. The topological polar surface area (TPSA) is 42.1 Å². The second kappa shape index (κ2) is 3.59. The second-order valence-electron chi connectivity index (χ2n) is 3.40. The summed E-state index contributed by atoms with van der Waals surface area (Å²) in [6.07, 6.45) is 0. The van der Waals surface area contributed by atoms with E-state index in [9.17, 15) is 13.6 Å². The lowest BCUT2D eigenvalue weighted by Crippen LogP contribution is -2.02. The molecule has 0 aliphatic heterocycles. The Morgan fingerprint density at radius 1 is 1.38 bits per heavy atom. The standard InChI is InChI=1S/C11H9F2NO2/c1-5-8(11(15)16-2)6-3-4-7(12)9(13)10(6)14-5/h3-4,14H,1-2H3. The first-order valence-electron chi connectivity index (χ1n) is 4.61. The lowest BCUT2D eigenvalue weighted by Gasteiger charge is -1.98. The van der Waals surface area contributed by atoms with Crippen LogP contribution in [0.15, 0.2) is 12.1 Å². The van der Waals surface area contributed by atoms with Crippen LogP contribution in [0.2, 0.25) is 0 Å². The quantitative estimate of drug-likeness (QED) is 0.758. The van der Waals surface area contributed by atoms with Crippen molar-refractivity contribution in [3.8, 4) is 0 Å². The SMILES string of the molecule is COC(=O)c1c(C)[nH]c2c(F)c(F)ccc12. The molecule has 3 nitrogen and oxygen atoms in total. The molecular weight excluding hydrogens is 216 g/mol. The fraction of sp³-hybridized carbons (Fsp3) is 0.182. The molecule has 0 saturated carbocycles. The first-order valence-corrected chi connectivity index (χ1v) is 4.61. The lowest BCUT2D eigenvalue weighted by atomic mass is 10.1. The third-order valence-electron chi connectivity index (χ3n) is 2.44. The number of benzene rings is 1. The number of ether oxygens (including phenoxy) is 1. The minimum Gasteiger partial charge on any atom is -0.465 e. The Labute approximate surface area is 90.0 Å². The third kappa shape index (κ3) is 1.36. The molecular formula is C11H9F2NO2. The number of H-pyrrole nitrogens is 1. The molecule has 1 aromatic carbocycles. The summed E-state index contributed by atoms with van der Waals surface area (Å²) in [5.74, 6) is -2.52. The van der Waals surface area contributed by atoms with Crippen LogP contribution in [-0.2, 0) is 4.74 Å². The molecule has 1 heterocycles. The van der Waals surface area contributed by atoms with Crippen LogP contribution in [0.25, 0.3) is 10.9 Å². The zero-order valence-corrected chi connectivity index (χ0v) is 8.73. The zero-order chi connectivity index (χ0) is 11.9. The number of esters is 1. The number of fused-ring (bicyclic) bond motifs is 1. The maximum Gasteiger partial charge on any atom is 0.340 e. The van der Waals surface area contributed by atoms with E-state index in [2.05, 4.69) is 9.72 Å². The number of aromatic amines is 1. The Hall–Kier alpha value is -1.91. The van der Waals surface area contributed by atoms with Gasteiger partial charge in [0.15, 0.2) is 11.6 Å². The molecule has 0 spiro atoms. The second-order valence-corrected chi connectivity index (χ2v) is 3.40. The highest BCUT2D eigenvalue weighted by Gasteiger charge is 2.19. The van der Waals surface area contributed by atoms with Crippen molar-refractivity contribution in [1.82, 2.24) is 4.98 Å². The highest BCUT2D eigenvalue weighted by Crippen LogP contribution is 2.26. The van der Waals surface area contributed by atoms with Crippen LogP contribution in [0, 0.1) is 18.6 Å². The molecule has 2 aromatic rings. The monoisotopic (exact) mass is 225 g/mol. The van der Waals surface area contributed by atoms with Crippen LogP contribution in [0.3, 0.4) is 0 Å². The molecule has 0 amide bonds. The number of methoxy groups -OCH3 is 1. The molecule has 1 aromatic heterocycles. The lowest BCUT2D eigenvalue weighted by molar-refractivity contribution is 0.0602. The number of aryl methyl sites for hydroxylation is 1. The number of aromatic nitrogens is 1. The van der Waals surface area contributed by atoms with Gasteiger partial charge in [-0.15, -0.1) is 0 Å². The molecule has 0 radical (unpaired) electrons. The summed E-state index contributed by atoms with van der Waals surface area (Å²) in [5, 5.41) is 0.322. The van der Waals surface area contributed by atoms with Gasteiger partial charge in [-0.3, -0.25) is 0 Å². The fourth-order valence-electron chi connectivity index (χ4n) is 1.70. The largest absolute Gasteiger partial charge is 0.465 e. The van der Waals surface area contributed by atoms with E-state index in [-0.39, 0.29) is 11.1 Å². The Bertz CT molecular complexity index is 575. The van der Waals surface area contributed by atoms with Crippen LogP contribution in [0.5, 0.6) is 0 Å². The molecule has 5 heteroatoms. The van der Waals surface area contributed by atoms with Crippen LogP contribution < -0.4 is 0 Å². The molecule has 0 aliphatic rings. The Morgan fingerprint density at radius 2 is 2.06 bits per heavy atom. The molecule has 0 saturated heterocycles. The Balaban J connectivity index is 2.82. The minimum absolute atomic E-state index is 0.0158. The summed E-state index contributed by atoms with van der Waals surface area (Å²) in [7, 11) is 1.24. The summed E-state index contributed by atoms with van der Waals surface area (Å²) in [5.41, 5.74) is 0.667. The summed E-state index contributed by atoms with van der Waals surface area (Å²) in [6.45, 7) is 1.60. The zero-order valence-electron chi connectivity index (χ0n) is 8.73. The molecule has 84 valence electrons. The summed E-state index contributed by atoms with van der Waals surface area (Å²) in [4.78, 5) is 14.1. The molecule has 0 fully saturated rings. The van der Waals surface area contributed by atoms with Gasteiger partial charge in [0, 0.05) is 11.1 Å². The predicted octanol–water partition coefficient (Wildman–Crippen LogP) is 2.54. The van der Waals surface area contributed by atoms with E-state index in [1.54, 1.807) is 6.92 Å². The van der Waals surface area contributed by atoms with Gasteiger partial charge in [0.1, 0.15) is 0 Å². The van der Waals surface area contributed by atoms with Crippen molar-refractivity contribution in [2.24, 2.45) is 0 Å². The first kappa shape index (κ1) is 10.6. The van der Waals surface area contributed by atoms with Gasteiger partial charge >= 0.3 is 5.97 Å². The van der Waals surface area contributed by atoms with Crippen LogP contribution in [0.4, 0.5) is 8.78 Å².